The molecule has 0 amide bonds. The van der Waals surface area contributed by atoms with E-state index in [9.17, 15) is 8.78 Å². The third-order valence-electron chi connectivity index (χ3n) is 3.42. The van der Waals surface area contributed by atoms with Crippen molar-refractivity contribution in [3.63, 3.8) is 0 Å². The maximum Gasteiger partial charge on any atom is 0.183 e. The Morgan fingerprint density at radius 2 is 1.71 bits per heavy atom. The molecule has 0 aliphatic carbocycles. The maximum absolute atomic E-state index is 14.2. The molecule has 0 aromatic heterocycles. The van der Waals surface area contributed by atoms with Crippen molar-refractivity contribution in [1.82, 2.24) is 0 Å². The Kier molecular flexibility index (Phi) is 4.53. The molecule has 2 aromatic rings. The average molecular weight is 306 g/mol. The second kappa shape index (κ2) is 6.18. The Hall–Kier alpha value is -2.01. The Balaban J connectivity index is 2.41. The maximum atomic E-state index is 14.2. The van der Waals surface area contributed by atoms with Gasteiger partial charge in [-0.3, -0.25) is 0 Å². The zero-order valence-electron chi connectivity index (χ0n) is 11.9. The summed E-state index contributed by atoms with van der Waals surface area (Å²) in [7, 11) is 1.68. The lowest BCUT2D eigenvalue weighted by Crippen LogP contribution is -2.16. The van der Waals surface area contributed by atoms with E-state index in [2.05, 4.69) is 6.92 Å². The second-order valence-corrected chi connectivity index (χ2v) is 5.14. The highest BCUT2D eigenvalue weighted by atomic mass is 32.1. The van der Waals surface area contributed by atoms with E-state index in [0.29, 0.717) is 0 Å². The number of hydrogen-bond acceptors (Lipinski definition) is 2. The van der Waals surface area contributed by atoms with E-state index in [1.165, 1.54) is 17.7 Å². The third-order valence-corrected chi connectivity index (χ3v) is 3.64. The van der Waals surface area contributed by atoms with Gasteiger partial charge in [0.15, 0.2) is 11.6 Å². The molecule has 0 spiro atoms. The quantitative estimate of drug-likeness (QED) is 0.868. The molecule has 0 aliphatic heterocycles. The summed E-state index contributed by atoms with van der Waals surface area (Å²) in [4.78, 5) is 1.43. The van der Waals surface area contributed by atoms with E-state index in [-0.39, 0.29) is 16.2 Å². The van der Waals surface area contributed by atoms with Crippen LogP contribution in [-0.4, -0.2) is 12.0 Å². The van der Waals surface area contributed by atoms with Gasteiger partial charge in [0.2, 0.25) is 0 Å². The van der Waals surface area contributed by atoms with Gasteiger partial charge in [-0.1, -0.05) is 31.3 Å². The van der Waals surface area contributed by atoms with Crippen molar-refractivity contribution in [3.05, 3.63) is 59.2 Å². The summed E-state index contributed by atoms with van der Waals surface area (Å²) < 4.78 is 28.1. The summed E-state index contributed by atoms with van der Waals surface area (Å²) in [5.74, 6) is -1.97. The number of benzene rings is 2. The van der Waals surface area contributed by atoms with E-state index in [4.69, 9.17) is 18.0 Å². The standard InChI is InChI=1S/C16H16F2N2S/c1-3-10-4-6-11(7-5-10)20(2)13-9-8-12(16(19)21)14(17)15(13)18/h4-9H,3H2,1-2H3,(H2,19,21). The van der Waals surface area contributed by atoms with Crippen LogP contribution in [0.5, 0.6) is 0 Å². The zero-order valence-corrected chi connectivity index (χ0v) is 12.7. The highest BCUT2D eigenvalue weighted by Crippen LogP contribution is 2.29. The lowest BCUT2D eigenvalue weighted by Gasteiger charge is -2.21. The molecule has 2 rings (SSSR count). The molecule has 2 nitrogen and oxygen atoms in total. The number of hydrogen-bond donors (Lipinski definition) is 1. The van der Waals surface area contributed by atoms with Gasteiger partial charge in [0.05, 0.1) is 5.69 Å². The fourth-order valence-electron chi connectivity index (χ4n) is 2.08. The molecule has 0 bridgehead atoms. The molecule has 5 heteroatoms. The molecule has 0 atom stereocenters. The van der Waals surface area contributed by atoms with Crippen LogP contribution in [0.2, 0.25) is 0 Å². The van der Waals surface area contributed by atoms with Crippen LogP contribution in [0.3, 0.4) is 0 Å². The number of nitrogens with two attached hydrogens (primary N) is 1. The van der Waals surface area contributed by atoms with Gasteiger partial charge in [0.1, 0.15) is 4.99 Å². The highest BCUT2D eigenvalue weighted by Gasteiger charge is 2.18. The predicted molar refractivity (Wildman–Crippen MR) is 86.1 cm³/mol. The fraction of sp³-hybridized carbons (Fsp3) is 0.188. The molecule has 0 aliphatic rings. The first-order valence-electron chi connectivity index (χ1n) is 6.56. The fourth-order valence-corrected chi connectivity index (χ4v) is 2.24. The first-order valence-corrected chi connectivity index (χ1v) is 6.97. The largest absolute Gasteiger partial charge is 0.389 e. The van der Waals surface area contributed by atoms with E-state index < -0.39 is 11.6 Å². The first-order chi connectivity index (χ1) is 9.95. The minimum atomic E-state index is -1.02. The van der Waals surface area contributed by atoms with Gasteiger partial charge in [-0.15, -0.1) is 0 Å². The number of aryl methyl sites for hydroxylation is 1. The van der Waals surface area contributed by atoms with Crippen LogP contribution in [0.25, 0.3) is 0 Å². The van der Waals surface area contributed by atoms with Crippen molar-refractivity contribution in [2.75, 3.05) is 11.9 Å². The molecule has 0 fully saturated rings. The molecule has 0 saturated carbocycles. The van der Waals surface area contributed by atoms with Crippen LogP contribution in [0.1, 0.15) is 18.1 Å². The zero-order chi connectivity index (χ0) is 15.6. The topological polar surface area (TPSA) is 29.3 Å². The molecule has 21 heavy (non-hydrogen) atoms. The Morgan fingerprint density at radius 1 is 1.10 bits per heavy atom. The van der Waals surface area contributed by atoms with Crippen LogP contribution in [0, 0.1) is 11.6 Å². The van der Waals surface area contributed by atoms with Crippen LogP contribution in [0.4, 0.5) is 20.2 Å². The molecular weight excluding hydrogens is 290 g/mol. The van der Waals surface area contributed by atoms with Gasteiger partial charge in [-0.25, -0.2) is 8.78 Å². The summed E-state index contributed by atoms with van der Waals surface area (Å²) in [5, 5.41) is 0. The summed E-state index contributed by atoms with van der Waals surface area (Å²) in [6.07, 6.45) is 0.926. The molecule has 110 valence electrons. The average Bonchev–Trinajstić information content (AvgIpc) is 2.49. The molecule has 0 heterocycles. The van der Waals surface area contributed by atoms with Crippen molar-refractivity contribution in [2.45, 2.75) is 13.3 Å². The predicted octanol–water partition coefficient (Wildman–Crippen LogP) is 3.93. The van der Waals surface area contributed by atoms with E-state index in [1.807, 2.05) is 24.3 Å². The van der Waals surface area contributed by atoms with Crippen LogP contribution in [0.15, 0.2) is 36.4 Å². The van der Waals surface area contributed by atoms with Gasteiger partial charge in [-0.2, -0.15) is 0 Å². The molecule has 0 saturated heterocycles. The monoisotopic (exact) mass is 306 g/mol. The van der Waals surface area contributed by atoms with Gasteiger partial charge in [0.25, 0.3) is 0 Å². The molecule has 0 unspecified atom stereocenters. The summed E-state index contributed by atoms with van der Waals surface area (Å²) >= 11 is 4.70. The van der Waals surface area contributed by atoms with Gasteiger partial charge in [-0.05, 0) is 36.2 Å². The molecule has 2 aromatic carbocycles. The smallest absolute Gasteiger partial charge is 0.183 e. The van der Waals surface area contributed by atoms with Crippen molar-refractivity contribution >= 4 is 28.6 Å². The van der Waals surface area contributed by atoms with Crippen molar-refractivity contribution in [1.29, 1.82) is 0 Å². The third kappa shape index (κ3) is 3.03. The molecule has 0 radical (unpaired) electrons. The Bertz CT molecular complexity index is 669. The Labute approximate surface area is 128 Å². The lowest BCUT2D eigenvalue weighted by molar-refractivity contribution is 0.508. The van der Waals surface area contributed by atoms with Crippen molar-refractivity contribution < 1.29 is 8.78 Å². The van der Waals surface area contributed by atoms with Crippen molar-refractivity contribution in [3.8, 4) is 0 Å². The highest BCUT2D eigenvalue weighted by molar-refractivity contribution is 7.80. The van der Waals surface area contributed by atoms with E-state index >= 15 is 0 Å². The normalized spacial score (nSPS) is 10.5. The number of halogens is 2. The summed E-state index contributed by atoms with van der Waals surface area (Å²) in [6, 6.07) is 10.5. The van der Waals surface area contributed by atoms with Gasteiger partial charge in [0, 0.05) is 18.3 Å². The van der Waals surface area contributed by atoms with Crippen LogP contribution in [-0.2, 0) is 6.42 Å². The number of thiocarbonyl (C=S) groups is 1. The summed E-state index contributed by atoms with van der Waals surface area (Å²) in [5.41, 5.74) is 7.37. The number of anilines is 2. The Morgan fingerprint density at radius 3 is 2.24 bits per heavy atom. The minimum absolute atomic E-state index is 0.0824. The van der Waals surface area contributed by atoms with E-state index in [1.54, 1.807) is 11.9 Å². The lowest BCUT2D eigenvalue weighted by atomic mass is 10.1. The molecular formula is C16H16F2N2S. The van der Waals surface area contributed by atoms with Crippen LogP contribution >= 0.6 is 12.2 Å². The minimum Gasteiger partial charge on any atom is -0.389 e. The van der Waals surface area contributed by atoms with Crippen LogP contribution < -0.4 is 10.6 Å². The van der Waals surface area contributed by atoms with Crippen molar-refractivity contribution in [2.24, 2.45) is 5.73 Å². The first kappa shape index (κ1) is 15.4. The number of nitrogens with zero attached hydrogens (tertiary/aromatic N) is 1. The second-order valence-electron chi connectivity index (χ2n) is 4.70. The molecule has 2 N–H and O–H groups in total. The number of rotatable bonds is 4. The summed E-state index contributed by atoms with van der Waals surface area (Å²) in [6.45, 7) is 2.06. The van der Waals surface area contributed by atoms with Gasteiger partial charge >= 0.3 is 0 Å². The van der Waals surface area contributed by atoms with Gasteiger partial charge < -0.3 is 10.6 Å². The SMILES string of the molecule is CCc1ccc(N(C)c2ccc(C(N)=S)c(F)c2F)cc1. The van der Waals surface area contributed by atoms with E-state index in [0.717, 1.165) is 12.1 Å².